The highest BCUT2D eigenvalue weighted by molar-refractivity contribution is 6.30. The minimum absolute atomic E-state index is 0.0684. The molecule has 1 aliphatic heterocycles. The zero-order chi connectivity index (χ0) is 22.4. The van der Waals surface area contributed by atoms with E-state index in [0.29, 0.717) is 10.8 Å². The van der Waals surface area contributed by atoms with Crippen molar-refractivity contribution in [2.45, 2.75) is 45.6 Å². The summed E-state index contributed by atoms with van der Waals surface area (Å²) in [4.78, 5) is 15.6. The van der Waals surface area contributed by atoms with Gasteiger partial charge in [0, 0.05) is 34.4 Å². The fourth-order valence-corrected chi connectivity index (χ4v) is 4.61. The Morgan fingerprint density at radius 3 is 2.42 bits per heavy atom. The van der Waals surface area contributed by atoms with Gasteiger partial charge in [-0.3, -0.25) is 4.79 Å². The Morgan fingerprint density at radius 1 is 1.06 bits per heavy atom. The Labute approximate surface area is 189 Å². The van der Waals surface area contributed by atoms with Gasteiger partial charge in [-0.2, -0.15) is 0 Å². The zero-order valence-electron chi connectivity index (χ0n) is 18.7. The van der Waals surface area contributed by atoms with Crippen molar-refractivity contribution < 1.29 is 9.53 Å². The van der Waals surface area contributed by atoms with Crippen LogP contribution in [0.1, 0.15) is 40.2 Å². The molecule has 4 heteroatoms. The van der Waals surface area contributed by atoms with Crippen LogP contribution in [0, 0.1) is 0 Å². The Morgan fingerprint density at radius 2 is 1.74 bits per heavy atom. The van der Waals surface area contributed by atoms with Crippen molar-refractivity contribution in [2.24, 2.45) is 0 Å². The summed E-state index contributed by atoms with van der Waals surface area (Å²) < 4.78 is 6.04. The van der Waals surface area contributed by atoms with E-state index in [1.165, 1.54) is 22.0 Å². The van der Waals surface area contributed by atoms with Crippen molar-refractivity contribution in [3.63, 3.8) is 0 Å². The molecule has 0 aliphatic carbocycles. The van der Waals surface area contributed by atoms with Crippen LogP contribution in [0.3, 0.4) is 0 Å². The fourth-order valence-electron chi connectivity index (χ4n) is 4.48. The minimum Gasteiger partial charge on any atom is -0.480 e. The number of ketones is 1. The number of carbonyl (C=O) groups is 1. The predicted molar refractivity (Wildman–Crippen MR) is 129 cm³/mol. The zero-order valence-corrected chi connectivity index (χ0v) is 19.5. The fraction of sp³-hybridized carbons (Fsp3) is 0.296. The normalized spacial score (nSPS) is 16.6. The number of allylic oxidation sites excluding steroid dienone is 1. The van der Waals surface area contributed by atoms with Crippen LogP contribution in [0.2, 0.25) is 5.02 Å². The van der Waals surface area contributed by atoms with Gasteiger partial charge in [0.1, 0.15) is 5.75 Å². The summed E-state index contributed by atoms with van der Waals surface area (Å²) in [6.45, 7) is 10.9. The maximum absolute atomic E-state index is 13.4. The second kappa shape index (κ2) is 7.72. The first-order valence-corrected chi connectivity index (χ1v) is 11.0. The van der Waals surface area contributed by atoms with Crippen LogP contribution >= 0.6 is 11.6 Å². The van der Waals surface area contributed by atoms with E-state index in [-0.39, 0.29) is 11.2 Å². The van der Waals surface area contributed by atoms with E-state index in [0.717, 1.165) is 12.2 Å². The third-order valence-electron chi connectivity index (χ3n) is 6.12. The van der Waals surface area contributed by atoms with E-state index in [4.69, 9.17) is 16.3 Å². The Hall–Kier alpha value is -2.78. The first-order valence-electron chi connectivity index (χ1n) is 10.7. The Kier molecular flexibility index (Phi) is 5.35. The number of likely N-dealkylation sites (N-methyl/N-ethyl adjacent to an activating group) is 1. The third-order valence-corrected chi connectivity index (χ3v) is 6.37. The second-order valence-electron chi connectivity index (χ2n) is 9.01. The van der Waals surface area contributed by atoms with Crippen molar-refractivity contribution in [1.82, 2.24) is 0 Å². The minimum atomic E-state index is -1.01. The summed E-state index contributed by atoms with van der Waals surface area (Å²) in [6.07, 6.45) is 1.77. The molecule has 0 aromatic heterocycles. The lowest BCUT2D eigenvalue weighted by molar-refractivity contribution is -0.126. The average Bonchev–Trinajstić information content (AvgIpc) is 2.96. The van der Waals surface area contributed by atoms with E-state index in [2.05, 4.69) is 62.1 Å². The molecule has 0 atom stereocenters. The van der Waals surface area contributed by atoms with Crippen LogP contribution in [0.15, 0.2) is 72.4 Å². The first-order chi connectivity index (χ1) is 14.6. The van der Waals surface area contributed by atoms with E-state index in [1.807, 2.05) is 13.8 Å². The average molecular weight is 434 g/mol. The van der Waals surface area contributed by atoms with Crippen molar-refractivity contribution in [3.8, 4) is 5.75 Å². The lowest BCUT2D eigenvalue weighted by Gasteiger charge is -2.29. The number of nitrogens with zero attached hydrogens (tertiary/aromatic N) is 1. The number of carbonyl (C=O) groups excluding carboxylic acids is 1. The molecule has 4 rings (SSSR count). The number of anilines is 1. The molecular weight excluding hydrogens is 406 g/mol. The van der Waals surface area contributed by atoms with Gasteiger partial charge in [-0.05, 0) is 67.4 Å². The van der Waals surface area contributed by atoms with Crippen LogP contribution in [-0.4, -0.2) is 17.9 Å². The van der Waals surface area contributed by atoms with E-state index in [9.17, 15) is 4.79 Å². The monoisotopic (exact) mass is 433 g/mol. The highest BCUT2D eigenvalue weighted by atomic mass is 35.5. The van der Waals surface area contributed by atoms with Crippen LogP contribution in [-0.2, 0) is 10.2 Å². The van der Waals surface area contributed by atoms with Gasteiger partial charge in [-0.15, -0.1) is 0 Å². The molecule has 31 heavy (non-hydrogen) atoms. The Balaban J connectivity index is 1.74. The van der Waals surface area contributed by atoms with Crippen LogP contribution in [0.5, 0.6) is 5.75 Å². The molecule has 0 spiro atoms. The van der Waals surface area contributed by atoms with Crippen LogP contribution < -0.4 is 9.64 Å². The molecular formula is C27H28ClNO2. The quantitative estimate of drug-likeness (QED) is 0.409. The topological polar surface area (TPSA) is 29.5 Å². The molecule has 0 amide bonds. The van der Waals surface area contributed by atoms with Gasteiger partial charge in [0.25, 0.3) is 0 Å². The number of hydrogen-bond acceptors (Lipinski definition) is 3. The summed E-state index contributed by atoms with van der Waals surface area (Å²) in [6, 6.07) is 19.9. The van der Waals surface area contributed by atoms with Crippen molar-refractivity contribution in [1.29, 1.82) is 0 Å². The molecule has 3 aromatic rings. The molecule has 0 saturated heterocycles. The number of halogens is 1. The van der Waals surface area contributed by atoms with Crippen LogP contribution in [0.4, 0.5) is 5.69 Å². The summed E-state index contributed by atoms with van der Waals surface area (Å²) in [5, 5.41) is 3.08. The number of benzene rings is 3. The van der Waals surface area contributed by atoms with Gasteiger partial charge in [0.2, 0.25) is 0 Å². The third kappa shape index (κ3) is 3.72. The van der Waals surface area contributed by atoms with Gasteiger partial charge in [0.15, 0.2) is 11.4 Å². The van der Waals surface area contributed by atoms with Crippen molar-refractivity contribution >= 4 is 33.8 Å². The maximum Gasteiger partial charge on any atom is 0.200 e. The molecule has 0 unspecified atom stereocenters. The maximum atomic E-state index is 13.4. The molecule has 3 aromatic carbocycles. The predicted octanol–water partition coefficient (Wildman–Crippen LogP) is 6.92. The lowest BCUT2D eigenvalue weighted by atomic mass is 9.80. The van der Waals surface area contributed by atoms with Gasteiger partial charge >= 0.3 is 0 Å². The highest BCUT2D eigenvalue weighted by Gasteiger charge is 2.42. The molecule has 1 heterocycles. The van der Waals surface area contributed by atoms with E-state index in [1.54, 1.807) is 30.3 Å². The number of fused-ring (bicyclic) bond motifs is 3. The molecule has 0 N–H and O–H groups in total. The molecule has 1 aliphatic rings. The molecule has 160 valence electrons. The number of rotatable bonds is 5. The smallest absolute Gasteiger partial charge is 0.200 e. The second-order valence-corrected chi connectivity index (χ2v) is 9.45. The standard InChI is InChI=1S/C27H28ClNO2/c1-6-29-22-16-11-18-9-7-8-10-21(18)25(22)26(2,3)23(29)17-24(30)27(4,5)31-20-14-12-19(28)13-15-20/h7-17H,6H2,1-5H3/b23-17+. The highest BCUT2D eigenvalue weighted by Crippen LogP contribution is 2.50. The van der Waals surface area contributed by atoms with Crippen molar-refractivity contribution in [2.75, 3.05) is 11.4 Å². The lowest BCUT2D eigenvalue weighted by Crippen LogP contribution is -2.38. The first kappa shape index (κ1) is 21.5. The molecule has 3 nitrogen and oxygen atoms in total. The largest absolute Gasteiger partial charge is 0.480 e. The molecule has 0 bridgehead atoms. The summed E-state index contributed by atoms with van der Waals surface area (Å²) in [5.41, 5.74) is 2.12. The molecule has 0 radical (unpaired) electrons. The molecule has 0 saturated carbocycles. The molecule has 0 fully saturated rings. The number of ether oxygens (including phenoxy) is 1. The van der Waals surface area contributed by atoms with Gasteiger partial charge in [-0.25, -0.2) is 0 Å². The van der Waals surface area contributed by atoms with Gasteiger partial charge in [-0.1, -0.05) is 55.8 Å². The Bertz CT molecular complexity index is 1180. The van der Waals surface area contributed by atoms with Gasteiger partial charge in [0.05, 0.1) is 0 Å². The van der Waals surface area contributed by atoms with E-state index < -0.39 is 5.60 Å². The van der Waals surface area contributed by atoms with Crippen LogP contribution in [0.25, 0.3) is 10.8 Å². The summed E-state index contributed by atoms with van der Waals surface area (Å²) in [7, 11) is 0. The van der Waals surface area contributed by atoms with Crippen molar-refractivity contribution in [3.05, 3.63) is 83.0 Å². The van der Waals surface area contributed by atoms with E-state index >= 15 is 0 Å². The number of hydrogen-bond donors (Lipinski definition) is 0. The summed E-state index contributed by atoms with van der Waals surface area (Å²) in [5.74, 6) is 0.551. The summed E-state index contributed by atoms with van der Waals surface area (Å²) >= 11 is 5.97. The van der Waals surface area contributed by atoms with Gasteiger partial charge < -0.3 is 9.64 Å². The SMILES string of the molecule is CCN1/C(=C/C(=O)C(C)(C)Oc2ccc(Cl)cc2)C(C)(C)c2c1ccc1ccccc21.